The highest BCUT2D eigenvalue weighted by Crippen LogP contribution is 2.24. The highest BCUT2D eigenvalue weighted by molar-refractivity contribution is 7.99. The fraction of sp³-hybridized carbons (Fsp3) is 0.462. The highest BCUT2D eigenvalue weighted by atomic mass is 32.2. The Labute approximate surface area is 112 Å². The molecular weight excluding hydrogens is 248 g/mol. The first-order valence-electron chi connectivity index (χ1n) is 5.91. The SMILES string of the molecule is Cc1ccc(C(N)=S)c(NC2CCCSC2)c1. The Hall–Kier alpha value is -0.740. The van der Waals surface area contributed by atoms with Crippen LogP contribution in [0.3, 0.4) is 0 Å². The van der Waals surface area contributed by atoms with Crippen molar-refractivity contribution >= 4 is 34.7 Å². The monoisotopic (exact) mass is 266 g/mol. The number of hydrogen-bond acceptors (Lipinski definition) is 3. The van der Waals surface area contributed by atoms with Gasteiger partial charge in [-0.25, -0.2) is 0 Å². The third-order valence-electron chi connectivity index (χ3n) is 2.96. The number of rotatable bonds is 3. The summed E-state index contributed by atoms with van der Waals surface area (Å²) in [5.74, 6) is 2.46. The smallest absolute Gasteiger partial charge is 0.106 e. The average molecular weight is 266 g/mol. The lowest BCUT2D eigenvalue weighted by molar-refractivity contribution is 0.685. The molecular formula is C13H18N2S2. The first-order valence-corrected chi connectivity index (χ1v) is 7.48. The van der Waals surface area contributed by atoms with Gasteiger partial charge >= 0.3 is 0 Å². The highest BCUT2D eigenvalue weighted by Gasteiger charge is 2.15. The molecule has 0 aliphatic carbocycles. The second-order valence-electron chi connectivity index (χ2n) is 4.47. The second-order valence-corrected chi connectivity index (χ2v) is 6.06. The minimum Gasteiger partial charge on any atom is -0.389 e. The van der Waals surface area contributed by atoms with Gasteiger partial charge < -0.3 is 11.1 Å². The van der Waals surface area contributed by atoms with Gasteiger partial charge in [0.25, 0.3) is 0 Å². The molecule has 0 saturated carbocycles. The molecule has 1 aromatic rings. The normalized spacial score (nSPS) is 19.9. The maximum absolute atomic E-state index is 5.76. The van der Waals surface area contributed by atoms with Crippen LogP contribution in [-0.2, 0) is 0 Å². The molecule has 0 spiro atoms. The van der Waals surface area contributed by atoms with E-state index >= 15 is 0 Å². The Kier molecular flexibility index (Phi) is 4.29. The second kappa shape index (κ2) is 5.74. The van der Waals surface area contributed by atoms with E-state index < -0.39 is 0 Å². The van der Waals surface area contributed by atoms with E-state index in [9.17, 15) is 0 Å². The van der Waals surface area contributed by atoms with Crippen LogP contribution < -0.4 is 11.1 Å². The fourth-order valence-corrected chi connectivity index (χ4v) is 3.32. The number of aryl methyl sites for hydroxylation is 1. The molecule has 1 fully saturated rings. The van der Waals surface area contributed by atoms with E-state index in [0.717, 1.165) is 11.3 Å². The van der Waals surface area contributed by atoms with E-state index in [1.807, 2.05) is 17.8 Å². The Morgan fingerprint density at radius 3 is 3.00 bits per heavy atom. The summed E-state index contributed by atoms with van der Waals surface area (Å²) in [5, 5.41) is 3.58. The van der Waals surface area contributed by atoms with Crippen molar-refractivity contribution in [3.63, 3.8) is 0 Å². The van der Waals surface area contributed by atoms with Gasteiger partial charge in [-0.15, -0.1) is 0 Å². The van der Waals surface area contributed by atoms with Crippen LogP contribution in [0.25, 0.3) is 0 Å². The van der Waals surface area contributed by atoms with Gasteiger partial charge in [0.05, 0.1) is 0 Å². The average Bonchev–Trinajstić information content (AvgIpc) is 2.30. The van der Waals surface area contributed by atoms with Crippen LogP contribution >= 0.6 is 24.0 Å². The van der Waals surface area contributed by atoms with Crippen molar-refractivity contribution in [3.8, 4) is 0 Å². The molecule has 1 unspecified atom stereocenters. The molecule has 1 atom stereocenters. The van der Waals surface area contributed by atoms with Crippen LogP contribution in [0.4, 0.5) is 5.69 Å². The number of anilines is 1. The molecule has 0 amide bonds. The van der Waals surface area contributed by atoms with Crippen molar-refractivity contribution in [1.29, 1.82) is 0 Å². The van der Waals surface area contributed by atoms with Crippen LogP contribution in [0.1, 0.15) is 24.0 Å². The van der Waals surface area contributed by atoms with Crippen LogP contribution in [0, 0.1) is 6.92 Å². The zero-order valence-electron chi connectivity index (χ0n) is 10.0. The summed E-state index contributed by atoms with van der Waals surface area (Å²) in [6.07, 6.45) is 2.52. The summed E-state index contributed by atoms with van der Waals surface area (Å²) in [6.45, 7) is 2.09. The lowest BCUT2D eigenvalue weighted by atomic mass is 10.1. The predicted molar refractivity (Wildman–Crippen MR) is 81.0 cm³/mol. The van der Waals surface area contributed by atoms with Crippen LogP contribution in [0.5, 0.6) is 0 Å². The number of thiocarbonyl (C=S) groups is 1. The number of nitrogens with two attached hydrogens (primary N) is 1. The Morgan fingerprint density at radius 2 is 2.35 bits per heavy atom. The number of hydrogen-bond donors (Lipinski definition) is 2. The Balaban J connectivity index is 2.17. The number of thioether (sulfide) groups is 1. The minimum absolute atomic E-state index is 0.468. The first kappa shape index (κ1) is 12.7. The first-order chi connectivity index (χ1) is 8.16. The van der Waals surface area contributed by atoms with Gasteiger partial charge in [0.2, 0.25) is 0 Å². The predicted octanol–water partition coefficient (Wildman–Crippen LogP) is 2.94. The Morgan fingerprint density at radius 1 is 1.53 bits per heavy atom. The van der Waals surface area contributed by atoms with Crippen molar-refractivity contribution in [2.45, 2.75) is 25.8 Å². The van der Waals surface area contributed by atoms with Crippen LogP contribution in [0.2, 0.25) is 0 Å². The molecule has 2 nitrogen and oxygen atoms in total. The van der Waals surface area contributed by atoms with E-state index in [4.69, 9.17) is 18.0 Å². The number of benzene rings is 1. The zero-order valence-corrected chi connectivity index (χ0v) is 11.7. The summed E-state index contributed by atoms with van der Waals surface area (Å²) in [4.78, 5) is 0.468. The topological polar surface area (TPSA) is 38.0 Å². The minimum atomic E-state index is 0.468. The van der Waals surface area contributed by atoms with E-state index in [2.05, 4.69) is 24.4 Å². The lowest BCUT2D eigenvalue weighted by Crippen LogP contribution is -2.27. The van der Waals surface area contributed by atoms with Crippen molar-refractivity contribution in [2.75, 3.05) is 16.8 Å². The largest absolute Gasteiger partial charge is 0.389 e. The summed E-state index contributed by atoms with van der Waals surface area (Å²) in [6, 6.07) is 6.74. The molecule has 0 bridgehead atoms. The van der Waals surface area contributed by atoms with Gasteiger partial charge in [0, 0.05) is 23.0 Å². The van der Waals surface area contributed by atoms with Crippen molar-refractivity contribution in [2.24, 2.45) is 5.73 Å². The quantitative estimate of drug-likeness (QED) is 0.825. The molecule has 1 aliphatic heterocycles. The van der Waals surface area contributed by atoms with E-state index in [1.54, 1.807) is 0 Å². The van der Waals surface area contributed by atoms with Crippen molar-refractivity contribution in [1.82, 2.24) is 0 Å². The third-order valence-corrected chi connectivity index (χ3v) is 4.40. The molecule has 3 N–H and O–H groups in total. The van der Waals surface area contributed by atoms with Gasteiger partial charge in [0.15, 0.2) is 0 Å². The molecule has 4 heteroatoms. The third kappa shape index (κ3) is 3.36. The van der Waals surface area contributed by atoms with Gasteiger partial charge in [-0.05, 0) is 43.2 Å². The van der Waals surface area contributed by atoms with Gasteiger partial charge in [0.1, 0.15) is 4.99 Å². The molecule has 0 aromatic heterocycles. The fourth-order valence-electron chi connectivity index (χ4n) is 2.07. The van der Waals surface area contributed by atoms with E-state index in [1.165, 1.54) is 29.9 Å². The standard InChI is InChI=1S/C13H18N2S2/c1-9-4-5-11(13(14)16)12(7-9)15-10-3-2-6-17-8-10/h4-5,7,10,15H,2-3,6,8H2,1H3,(H2,14,16). The maximum atomic E-state index is 5.76. The molecule has 17 heavy (non-hydrogen) atoms. The Bertz CT molecular complexity index is 412. The van der Waals surface area contributed by atoms with Crippen LogP contribution in [0.15, 0.2) is 18.2 Å². The summed E-state index contributed by atoms with van der Waals surface area (Å²) >= 11 is 7.11. The van der Waals surface area contributed by atoms with Crippen molar-refractivity contribution in [3.05, 3.63) is 29.3 Å². The summed E-state index contributed by atoms with van der Waals surface area (Å²) < 4.78 is 0. The lowest BCUT2D eigenvalue weighted by Gasteiger charge is -2.25. The zero-order chi connectivity index (χ0) is 12.3. The molecule has 0 radical (unpaired) electrons. The molecule has 1 aromatic carbocycles. The molecule has 1 aliphatic rings. The molecule has 1 heterocycles. The van der Waals surface area contributed by atoms with Gasteiger partial charge in [-0.3, -0.25) is 0 Å². The van der Waals surface area contributed by atoms with Crippen LogP contribution in [-0.4, -0.2) is 22.5 Å². The van der Waals surface area contributed by atoms with Crippen molar-refractivity contribution < 1.29 is 0 Å². The summed E-state index contributed by atoms with van der Waals surface area (Å²) in [7, 11) is 0. The molecule has 2 rings (SSSR count). The van der Waals surface area contributed by atoms with Gasteiger partial charge in [-0.1, -0.05) is 18.3 Å². The maximum Gasteiger partial charge on any atom is 0.106 e. The van der Waals surface area contributed by atoms with E-state index in [-0.39, 0.29) is 0 Å². The molecule has 1 saturated heterocycles. The summed E-state index contributed by atoms with van der Waals surface area (Å²) in [5.41, 5.74) is 9.04. The van der Waals surface area contributed by atoms with E-state index in [0.29, 0.717) is 11.0 Å². The number of nitrogens with one attached hydrogen (secondary N) is 1. The van der Waals surface area contributed by atoms with Gasteiger partial charge in [-0.2, -0.15) is 11.8 Å². The molecule has 92 valence electrons.